The number of hydrogen-bond donors (Lipinski definition) is 3. The molecule has 3 saturated heterocycles. The van der Waals surface area contributed by atoms with Crippen LogP contribution in [-0.4, -0.2) is 133 Å². The molecule has 0 spiro atoms. The Bertz CT molecular complexity index is 2640. The predicted octanol–water partition coefficient (Wildman–Crippen LogP) is 4.89. The molecule has 1 aliphatic carbocycles. The number of aliphatic carboxylic acids is 1. The van der Waals surface area contributed by atoms with Gasteiger partial charge in [-0.2, -0.15) is 18.3 Å². The third-order valence-electron chi connectivity index (χ3n) is 12.9. The van der Waals surface area contributed by atoms with Crippen LogP contribution in [0.1, 0.15) is 65.3 Å². The van der Waals surface area contributed by atoms with Crippen molar-refractivity contribution in [1.82, 2.24) is 39.8 Å². The number of nitrogens with two attached hydrogens (primary N) is 1. The lowest BCUT2D eigenvalue weighted by atomic mass is 9.89. The molecule has 6 heterocycles. The minimum Gasteiger partial charge on any atom is -0.475 e. The molecular weight excluding hydrogens is 850 g/mol. The van der Waals surface area contributed by atoms with Gasteiger partial charge in [-0.15, -0.1) is 0 Å². The third-order valence-corrected chi connectivity index (χ3v) is 12.9. The van der Waals surface area contributed by atoms with Gasteiger partial charge in [-0.1, -0.05) is 18.2 Å². The minimum atomic E-state index is -5.08. The van der Waals surface area contributed by atoms with Gasteiger partial charge in [0, 0.05) is 69.0 Å². The van der Waals surface area contributed by atoms with Crippen molar-refractivity contribution in [3.05, 3.63) is 90.3 Å². The molecule has 4 amide bonds. The van der Waals surface area contributed by atoms with Gasteiger partial charge in [-0.05, 0) is 86.7 Å². The lowest BCUT2D eigenvalue weighted by Gasteiger charge is -2.50. The highest BCUT2D eigenvalue weighted by Crippen LogP contribution is 2.39. The molecule has 4 fully saturated rings. The number of nitrogen functional groups attached to an aromatic ring is 1. The van der Waals surface area contributed by atoms with Gasteiger partial charge in [-0.3, -0.25) is 39.2 Å². The van der Waals surface area contributed by atoms with Gasteiger partial charge in [-0.25, -0.2) is 19.4 Å². The number of piperidine rings is 1. The summed E-state index contributed by atoms with van der Waals surface area (Å²) in [5.74, 6) is -2.75. The van der Waals surface area contributed by atoms with E-state index >= 15 is 0 Å². The molecule has 338 valence electrons. The first kappa shape index (κ1) is 43.3. The number of benzene rings is 3. The van der Waals surface area contributed by atoms with Gasteiger partial charge in [0.15, 0.2) is 5.65 Å². The number of para-hydroxylation sites is 1. The first-order valence-electron chi connectivity index (χ1n) is 21.4. The molecule has 4 N–H and O–H groups in total. The van der Waals surface area contributed by atoms with Crippen molar-refractivity contribution < 1.29 is 47.0 Å². The molecular formula is C45H45F3N10O7. The van der Waals surface area contributed by atoms with Crippen LogP contribution in [0.25, 0.3) is 22.3 Å². The molecule has 5 aliphatic rings. The van der Waals surface area contributed by atoms with E-state index in [-0.39, 0.29) is 24.8 Å². The molecule has 1 saturated carbocycles. The summed E-state index contributed by atoms with van der Waals surface area (Å²) >= 11 is 0. The van der Waals surface area contributed by atoms with Crippen molar-refractivity contribution in [1.29, 1.82) is 0 Å². The van der Waals surface area contributed by atoms with Crippen LogP contribution in [0.2, 0.25) is 0 Å². The van der Waals surface area contributed by atoms with Crippen LogP contribution in [0, 0.1) is 0 Å². The molecule has 0 bridgehead atoms. The maximum atomic E-state index is 13.3. The number of fused-ring (bicyclic) bond motifs is 2. The lowest BCUT2D eigenvalue weighted by Crippen LogP contribution is -2.64. The monoisotopic (exact) mass is 894 g/mol. The zero-order valence-electron chi connectivity index (χ0n) is 35.0. The molecule has 3 aromatic carbocycles. The van der Waals surface area contributed by atoms with Crippen LogP contribution >= 0.6 is 0 Å². The van der Waals surface area contributed by atoms with Crippen molar-refractivity contribution in [3.63, 3.8) is 0 Å². The number of imide groups is 2. The second-order valence-corrected chi connectivity index (χ2v) is 16.8. The van der Waals surface area contributed by atoms with E-state index in [0.717, 1.165) is 109 Å². The summed E-state index contributed by atoms with van der Waals surface area (Å²) in [7, 11) is 0. The summed E-state index contributed by atoms with van der Waals surface area (Å²) in [5, 5.41) is 15.3. The van der Waals surface area contributed by atoms with E-state index in [9.17, 15) is 32.3 Å². The molecule has 1 unspecified atom stereocenters. The van der Waals surface area contributed by atoms with Crippen molar-refractivity contribution in [2.75, 3.05) is 49.9 Å². The predicted molar refractivity (Wildman–Crippen MR) is 229 cm³/mol. The quantitative estimate of drug-likeness (QED) is 0.177. The van der Waals surface area contributed by atoms with Crippen molar-refractivity contribution >= 4 is 52.1 Å². The second kappa shape index (κ2) is 17.6. The van der Waals surface area contributed by atoms with Gasteiger partial charge in [0.2, 0.25) is 11.8 Å². The average molecular weight is 895 g/mol. The fraction of sp³-hybridized carbons (Fsp3) is 0.378. The van der Waals surface area contributed by atoms with E-state index in [4.69, 9.17) is 25.5 Å². The molecule has 10 rings (SSSR count). The van der Waals surface area contributed by atoms with Crippen LogP contribution in [0.15, 0.2) is 79.1 Å². The Balaban J connectivity index is 0.000000706. The number of rotatable bonds is 8. The first-order chi connectivity index (χ1) is 31.2. The maximum Gasteiger partial charge on any atom is 0.490 e. The summed E-state index contributed by atoms with van der Waals surface area (Å²) < 4.78 is 39.8. The summed E-state index contributed by atoms with van der Waals surface area (Å²) in [5.41, 5.74) is 10.5. The normalized spacial score (nSPS) is 22.0. The Morgan fingerprint density at radius 3 is 2.03 bits per heavy atom. The largest absolute Gasteiger partial charge is 0.490 e. The highest BCUT2D eigenvalue weighted by atomic mass is 19.4. The number of carbonyl (C=O) groups is 5. The SMILES string of the molecule is Nc1ncnc2c1c(-c1ccc(Oc3ccccc3)cc1)nn2C1CCC(N2CCN(C3CN(c4ccc5c(c4)C(=O)N(C4CCC(=O)NC4=O)C5=O)C3)CC2)CC1.O=C(O)C(F)(F)F. The highest BCUT2D eigenvalue weighted by molar-refractivity contribution is 6.23. The first-order valence-corrected chi connectivity index (χ1v) is 21.4. The molecule has 65 heavy (non-hydrogen) atoms. The van der Waals surface area contributed by atoms with Crippen LogP contribution in [-0.2, 0) is 14.4 Å². The number of carbonyl (C=O) groups excluding carboxylic acids is 4. The number of hydrogen-bond acceptors (Lipinski definition) is 13. The number of aromatic nitrogens is 4. The van der Waals surface area contributed by atoms with Crippen LogP contribution in [0.4, 0.5) is 24.7 Å². The van der Waals surface area contributed by atoms with Gasteiger partial charge >= 0.3 is 12.1 Å². The van der Waals surface area contributed by atoms with Gasteiger partial charge in [0.1, 0.15) is 35.4 Å². The van der Waals surface area contributed by atoms with E-state index in [1.54, 1.807) is 12.1 Å². The number of anilines is 2. The fourth-order valence-electron chi connectivity index (χ4n) is 9.45. The molecule has 2 aromatic heterocycles. The molecule has 20 heteroatoms. The van der Waals surface area contributed by atoms with Crippen molar-refractivity contribution in [3.8, 4) is 22.8 Å². The lowest BCUT2D eigenvalue weighted by molar-refractivity contribution is -0.192. The summed E-state index contributed by atoms with van der Waals surface area (Å²) in [4.78, 5) is 76.9. The zero-order valence-corrected chi connectivity index (χ0v) is 35.0. The molecule has 0 radical (unpaired) electrons. The number of halogens is 3. The molecule has 4 aliphatic heterocycles. The number of amides is 4. The minimum absolute atomic E-state index is 0.0979. The Hall–Kier alpha value is -6.93. The van der Waals surface area contributed by atoms with E-state index in [0.29, 0.717) is 29.0 Å². The summed E-state index contributed by atoms with van der Waals surface area (Å²) in [6, 6.07) is 23.2. The van der Waals surface area contributed by atoms with Gasteiger partial charge in [0.25, 0.3) is 11.8 Å². The Labute approximate surface area is 369 Å². The highest BCUT2D eigenvalue weighted by Gasteiger charge is 2.45. The van der Waals surface area contributed by atoms with E-state index < -0.39 is 35.9 Å². The second-order valence-electron chi connectivity index (χ2n) is 16.8. The standard InChI is InChI=1S/C43H44N10O5.C2HF3O2/c44-39-37-38(26-6-13-32(14-7-26)58-31-4-2-1-3-5-31)48-53(40(37)46-25-45-39)28-10-8-27(9-11-28)49-18-20-50(21-19-49)30-23-51(24-30)29-12-15-33-34(22-29)43(57)52(42(33)56)35-16-17-36(54)47-41(35)55;3-2(4,5)1(6)7/h1-7,12-15,22,25,27-28,30,35H,8-11,16-21,23-24H2,(H2,44,45,46)(H,47,54,55);(H,6,7). The Morgan fingerprint density at radius 1 is 0.769 bits per heavy atom. The molecule has 17 nitrogen and oxygen atoms in total. The number of alkyl halides is 3. The Morgan fingerprint density at radius 2 is 1.38 bits per heavy atom. The van der Waals surface area contributed by atoms with Gasteiger partial charge < -0.3 is 20.5 Å². The molecule has 5 aromatic rings. The number of ether oxygens (including phenoxy) is 1. The smallest absolute Gasteiger partial charge is 0.475 e. The number of carboxylic acids is 1. The Kier molecular flexibility index (Phi) is 11.7. The van der Waals surface area contributed by atoms with Crippen LogP contribution in [0.3, 0.4) is 0 Å². The number of nitrogens with zero attached hydrogens (tertiary/aromatic N) is 8. The maximum absolute atomic E-state index is 13.3. The molecule has 1 atom stereocenters. The van der Waals surface area contributed by atoms with E-state index in [1.807, 2.05) is 60.7 Å². The third kappa shape index (κ3) is 8.70. The fourth-order valence-corrected chi connectivity index (χ4v) is 9.45. The van der Waals surface area contributed by atoms with Crippen molar-refractivity contribution in [2.45, 2.75) is 68.9 Å². The topological polar surface area (TPSA) is 209 Å². The number of piperazine rings is 1. The van der Waals surface area contributed by atoms with Gasteiger partial charge in [0.05, 0.1) is 22.6 Å². The summed E-state index contributed by atoms with van der Waals surface area (Å²) in [6.07, 6.45) is 0.872. The average Bonchev–Trinajstić information content (AvgIpc) is 3.79. The number of carboxylic acid groups (broad SMARTS) is 1. The van der Waals surface area contributed by atoms with Crippen LogP contribution in [0.5, 0.6) is 11.5 Å². The van der Waals surface area contributed by atoms with E-state index in [2.05, 4.69) is 34.7 Å². The zero-order chi connectivity index (χ0) is 45.6. The summed E-state index contributed by atoms with van der Waals surface area (Å²) in [6.45, 7) is 5.77. The van der Waals surface area contributed by atoms with Crippen LogP contribution < -0.4 is 20.7 Å². The van der Waals surface area contributed by atoms with Crippen molar-refractivity contribution in [2.24, 2.45) is 0 Å². The van der Waals surface area contributed by atoms with E-state index in [1.165, 1.54) is 6.33 Å². The number of nitrogens with one attached hydrogen (secondary N) is 1.